The summed E-state index contributed by atoms with van der Waals surface area (Å²) in [6.07, 6.45) is 4.43. The molecule has 2 aliphatic rings. The first-order chi connectivity index (χ1) is 9.54. The Hall–Kier alpha value is -2.16. The molecule has 3 nitrogen and oxygen atoms in total. The van der Waals surface area contributed by atoms with Gasteiger partial charge in [-0.2, -0.15) is 0 Å². The first kappa shape index (κ1) is 12.9. The van der Waals surface area contributed by atoms with Crippen LogP contribution in [0.4, 0.5) is 0 Å². The number of nitrogens with one attached hydrogen (secondary N) is 1. The maximum absolute atomic E-state index is 12.4. The van der Waals surface area contributed by atoms with E-state index < -0.39 is 5.41 Å². The van der Waals surface area contributed by atoms with E-state index in [0.29, 0.717) is 6.42 Å². The highest BCUT2D eigenvalue weighted by Gasteiger charge is 2.55. The van der Waals surface area contributed by atoms with Gasteiger partial charge < -0.3 is 0 Å². The minimum absolute atomic E-state index is 0.174. The van der Waals surface area contributed by atoms with E-state index in [1.165, 1.54) is 0 Å². The Kier molecular flexibility index (Phi) is 2.85. The van der Waals surface area contributed by atoms with Crippen molar-refractivity contribution in [3.8, 4) is 0 Å². The van der Waals surface area contributed by atoms with E-state index in [-0.39, 0.29) is 17.7 Å². The highest BCUT2D eigenvalue weighted by atomic mass is 16.2. The summed E-state index contributed by atoms with van der Waals surface area (Å²) in [5, 5.41) is 2.51. The molecule has 20 heavy (non-hydrogen) atoms. The molecule has 3 rings (SSSR count). The van der Waals surface area contributed by atoms with E-state index >= 15 is 0 Å². The Morgan fingerprint density at radius 2 is 1.85 bits per heavy atom. The Labute approximate surface area is 118 Å². The van der Waals surface area contributed by atoms with Crippen LogP contribution in [0.3, 0.4) is 0 Å². The fraction of sp³-hybridized carbons (Fsp3) is 0.294. The van der Waals surface area contributed by atoms with Gasteiger partial charge in [-0.3, -0.25) is 14.9 Å². The van der Waals surface area contributed by atoms with Crippen molar-refractivity contribution in [1.29, 1.82) is 0 Å². The van der Waals surface area contributed by atoms with E-state index in [1.54, 1.807) is 0 Å². The van der Waals surface area contributed by atoms with E-state index in [9.17, 15) is 9.59 Å². The van der Waals surface area contributed by atoms with E-state index in [0.717, 1.165) is 16.7 Å². The van der Waals surface area contributed by atoms with Gasteiger partial charge in [0.25, 0.3) is 0 Å². The quantitative estimate of drug-likeness (QED) is 0.836. The van der Waals surface area contributed by atoms with Gasteiger partial charge in [0.1, 0.15) is 0 Å². The average Bonchev–Trinajstić information content (AvgIpc) is 2.68. The maximum Gasteiger partial charge on any atom is 0.238 e. The predicted octanol–water partition coefficient (Wildman–Crippen LogP) is 2.39. The molecule has 1 aliphatic carbocycles. The van der Waals surface area contributed by atoms with Crippen LogP contribution in [-0.4, -0.2) is 11.8 Å². The number of carbonyl (C=O) groups is 2. The van der Waals surface area contributed by atoms with Gasteiger partial charge in [-0.25, -0.2) is 0 Å². The number of imide groups is 1. The lowest BCUT2D eigenvalue weighted by Crippen LogP contribution is -2.37. The number of benzene rings is 1. The van der Waals surface area contributed by atoms with Gasteiger partial charge in [0.15, 0.2) is 0 Å². The zero-order valence-corrected chi connectivity index (χ0v) is 11.6. The van der Waals surface area contributed by atoms with Crippen LogP contribution in [0, 0.1) is 11.3 Å². The van der Waals surface area contributed by atoms with Gasteiger partial charge in [-0.05, 0) is 25.8 Å². The first-order valence-electron chi connectivity index (χ1n) is 6.80. The molecule has 1 aliphatic heterocycles. The summed E-state index contributed by atoms with van der Waals surface area (Å²) < 4.78 is 0. The molecule has 1 heterocycles. The van der Waals surface area contributed by atoms with Crippen molar-refractivity contribution in [2.45, 2.75) is 20.3 Å². The fourth-order valence-corrected chi connectivity index (χ4v) is 3.23. The van der Waals surface area contributed by atoms with Crippen LogP contribution in [0.15, 0.2) is 53.6 Å². The molecule has 2 unspecified atom stereocenters. The van der Waals surface area contributed by atoms with Crippen LogP contribution in [0.1, 0.15) is 19.4 Å². The second-order valence-corrected chi connectivity index (χ2v) is 5.65. The molecule has 1 N–H and O–H groups in total. The zero-order chi connectivity index (χ0) is 14.3. The number of fused-ring (bicyclic) bond motifs is 1. The smallest absolute Gasteiger partial charge is 0.238 e. The van der Waals surface area contributed by atoms with Gasteiger partial charge in [0.05, 0.1) is 11.3 Å². The molecule has 0 radical (unpaired) electrons. The second-order valence-electron chi connectivity index (χ2n) is 5.65. The van der Waals surface area contributed by atoms with Crippen molar-refractivity contribution in [2.24, 2.45) is 11.3 Å². The van der Waals surface area contributed by atoms with Crippen molar-refractivity contribution in [3.63, 3.8) is 0 Å². The average molecular weight is 267 g/mol. The number of amides is 2. The molecule has 2 atom stereocenters. The summed E-state index contributed by atoms with van der Waals surface area (Å²) in [5.74, 6) is -0.730. The molecule has 1 saturated heterocycles. The standard InChI is InChI=1S/C17H17NO2/c1-11-8-9-17(10-13-6-4-3-5-7-13)14(12(11)2)15(19)18-16(17)20/h3-9,14H,10H2,1-2H3,(H,18,19,20). The molecular weight excluding hydrogens is 250 g/mol. The summed E-state index contributed by atoms with van der Waals surface area (Å²) in [6, 6.07) is 9.85. The third-order valence-electron chi connectivity index (χ3n) is 4.46. The predicted molar refractivity (Wildman–Crippen MR) is 76.7 cm³/mol. The molecular formula is C17H17NO2. The Balaban J connectivity index is 2.07. The second kappa shape index (κ2) is 4.44. The number of rotatable bonds is 2. The number of hydrogen-bond acceptors (Lipinski definition) is 2. The van der Waals surface area contributed by atoms with Gasteiger partial charge >= 0.3 is 0 Å². The van der Waals surface area contributed by atoms with Crippen molar-refractivity contribution >= 4 is 11.8 Å². The van der Waals surface area contributed by atoms with Crippen LogP contribution >= 0.6 is 0 Å². The lowest BCUT2D eigenvalue weighted by molar-refractivity contribution is -0.127. The molecule has 1 aromatic rings. The lowest BCUT2D eigenvalue weighted by Gasteiger charge is -2.32. The number of carbonyl (C=O) groups excluding carboxylic acids is 2. The Morgan fingerprint density at radius 3 is 2.55 bits per heavy atom. The highest BCUT2D eigenvalue weighted by Crippen LogP contribution is 2.46. The third kappa shape index (κ3) is 1.73. The van der Waals surface area contributed by atoms with Gasteiger partial charge in [0, 0.05) is 0 Å². The summed E-state index contributed by atoms with van der Waals surface area (Å²) in [4.78, 5) is 24.6. The van der Waals surface area contributed by atoms with Gasteiger partial charge in [0.2, 0.25) is 11.8 Å². The summed E-state index contributed by atoms with van der Waals surface area (Å²) in [7, 11) is 0. The molecule has 1 aromatic carbocycles. The molecule has 102 valence electrons. The minimum Gasteiger partial charge on any atom is -0.295 e. The molecule has 0 spiro atoms. The van der Waals surface area contributed by atoms with Gasteiger partial charge in [-0.1, -0.05) is 53.6 Å². The molecule has 3 heteroatoms. The molecule has 0 saturated carbocycles. The summed E-state index contributed by atoms with van der Waals surface area (Å²) >= 11 is 0. The van der Waals surface area contributed by atoms with Crippen molar-refractivity contribution in [2.75, 3.05) is 0 Å². The molecule has 0 aromatic heterocycles. The Morgan fingerprint density at radius 1 is 1.15 bits per heavy atom. The highest BCUT2D eigenvalue weighted by molar-refractivity contribution is 6.10. The normalized spacial score (nSPS) is 28.6. The van der Waals surface area contributed by atoms with E-state index in [2.05, 4.69) is 5.32 Å². The maximum atomic E-state index is 12.4. The monoisotopic (exact) mass is 267 g/mol. The van der Waals surface area contributed by atoms with Crippen LogP contribution < -0.4 is 5.32 Å². The summed E-state index contributed by atoms with van der Waals surface area (Å²) in [5.41, 5.74) is 2.37. The van der Waals surface area contributed by atoms with Crippen LogP contribution in [0.2, 0.25) is 0 Å². The van der Waals surface area contributed by atoms with Crippen LogP contribution in [-0.2, 0) is 16.0 Å². The topological polar surface area (TPSA) is 46.2 Å². The van der Waals surface area contributed by atoms with E-state index in [1.807, 2.05) is 56.3 Å². The molecule has 2 amide bonds. The molecule has 0 bridgehead atoms. The number of allylic oxidation sites excluding steroid dienone is 2. The van der Waals surface area contributed by atoms with Crippen LogP contribution in [0.25, 0.3) is 0 Å². The number of hydrogen-bond donors (Lipinski definition) is 1. The SMILES string of the molecule is CC1=C(C)C2C(=O)NC(=O)C2(Cc2ccccc2)C=C1. The first-order valence-corrected chi connectivity index (χ1v) is 6.80. The third-order valence-corrected chi connectivity index (χ3v) is 4.46. The van der Waals surface area contributed by atoms with Crippen molar-refractivity contribution in [1.82, 2.24) is 5.32 Å². The van der Waals surface area contributed by atoms with Crippen molar-refractivity contribution < 1.29 is 9.59 Å². The van der Waals surface area contributed by atoms with E-state index in [4.69, 9.17) is 0 Å². The largest absolute Gasteiger partial charge is 0.295 e. The zero-order valence-electron chi connectivity index (χ0n) is 11.6. The Bertz CT molecular complexity index is 642. The fourth-order valence-electron chi connectivity index (χ4n) is 3.23. The lowest BCUT2D eigenvalue weighted by atomic mass is 9.66. The van der Waals surface area contributed by atoms with Crippen LogP contribution in [0.5, 0.6) is 0 Å². The molecule has 1 fully saturated rings. The van der Waals surface area contributed by atoms with Crippen molar-refractivity contribution in [3.05, 3.63) is 59.2 Å². The van der Waals surface area contributed by atoms with Gasteiger partial charge in [-0.15, -0.1) is 0 Å². The minimum atomic E-state index is -0.762. The summed E-state index contributed by atoms with van der Waals surface area (Å²) in [6.45, 7) is 3.93.